The number of benzene rings is 1. The van der Waals surface area contributed by atoms with Crippen LogP contribution in [0.2, 0.25) is 0 Å². The fourth-order valence-electron chi connectivity index (χ4n) is 1.50. The van der Waals surface area contributed by atoms with Gasteiger partial charge in [-0.05, 0) is 40.6 Å². The predicted octanol–water partition coefficient (Wildman–Crippen LogP) is 4.30. The van der Waals surface area contributed by atoms with E-state index in [1.807, 2.05) is 10.8 Å². The number of rotatable bonds is 2. The van der Waals surface area contributed by atoms with Crippen LogP contribution in [-0.2, 0) is 0 Å². The highest BCUT2D eigenvalue weighted by Gasteiger charge is 2.31. The molecule has 2 aromatic rings. The lowest BCUT2D eigenvalue weighted by molar-refractivity contribution is -0.274. The molecule has 18 heavy (non-hydrogen) atoms. The van der Waals surface area contributed by atoms with E-state index in [4.69, 9.17) is 6.42 Å². The van der Waals surface area contributed by atoms with Crippen LogP contribution in [0.4, 0.5) is 13.2 Å². The molecular formula is C13H7F3OS. The van der Waals surface area contributed by atoms with Gasteiger partial charge < -0.3 is 4.74 Å². The molecule has 0 unspecified atom stereocenters. The summed E-state index contributed by atoms with van der Waals surface area (Å²) in [6, 6.07) is 5.73. The monoisotopic (exact) mass is 268 g/mol. The minimum Gasteiger partial charge on any atom is -0.406 e. The van der Waals surface area contributed by atoms with Crippen LogP contribution in [-0.4, -0.2) is 6.36 Å². The molecule has 0 atom stereocenters. The molecule has 5 heteroatoms. The first-order chi connectivity index (χ1) is 8.49. The normalized spacial score (nSPS) is 11.0. The zero-order valence-electron chi connectivity index (χ0n) is 8.99. The van der Waals surface area contributed by atoms with E-state index >= 15 is 0 Å². The number of ether oxygens (including phenoxy) is 1. The Morgan fingerprint density at radius 2 is 2.00 bits per heavy atom. The summed E-state index contributed by atoms with van der Waals surface area (Å²) in [5.74, 6) is 2.17. The minimum atomic E-state index is -4.70. The van der Waals surface area contributed by atoms with Gasteiger partial charge >= 0.3 is 6.36 Å². The highest BCUT2D eigenvalue weighted by Crippen LogP contribution is 2.31. The summed E-state index contributed by atoms with van der Waals surface area (Å²) in [5, 5.41) is 3.64. The Balaban J connectivity index is 2.44. The topological polar surface area (TPSA) is 9.23 Å². The first-order valence-corrected chi connectivity index (χ1v) is 5.83. The summed E-state index contributed by atoms with van der Waals surface area (Å²) in [4.78, 5) is 0. The SMILES string of the molecule is C#Cc1ccc(OC(F)(F)F)cc1-c1ccsc1. The Hall–Kier alpha value is -1.93. The minimum absolute atomic E-state index is 0.275. The van der Waals surface area contributed by atoms with Crippen LogP contribution in [0.5, 0.6) is 5.75 Å². The molecule has 2 rings (SSSR count). The molecule has 0 saturated heterocycles. The molecule has 1 nitrogen and oxygen atoms in total. The zero-order chi connectivity index (χ0) is 13.2. The van der Waals surface area contributed by atoms with E-state index in [-0.39, 0.29) is 5.75 Å². The first-order valence-electron chi connectivity index (χ1n) is 4.88. The summed E-state index contributed by atoms with van der Waals surface area (Å²) in [6.45, 7) is 0. The second kappa shape index (κ2) is 4.75. The molecule has 0 aliphatic rings. The Morgan fingerprint density at radius 3 is 2.56 bits per heavy atom. The maximum atomic E-state index is 12.1. The summed E-state index contributed by atoms with van der Waals surface area (Å²) in [7, 11) is 0. The van der Waals surface area contributed by atoms with E-state index in [0.29, 0.717) is 11.1 Å². The third-order valence-corrected chi connectivity index (χ3v) is 2.90. The summed E-state index contributed by atoms with van der Waals surface area (Å²) in [6.07, 6.45) is 0.620. The summed E-state index contributed by atoms with van der Waals surface area (Å²) >= 11 is 1.44. The van der Waals surface area contributed by atoms with Gasteiger partial charge in [-0.1, -0.05) is 5.92 Å². The Kier molecular flexibility index (Phi) is 3.30. The number of hydrogen-bond acceptors (Lipinski definition) is 2. The van der Waals surface area contributed by atoms with Crippen LogP contribution in [0.3, 0.4) is 0 Å². The maximum Gasteiger partial charge on any atom is 0.573 e. The van der Waals surface area contributed by atoms with Gasteiger partial charge in [0, 0.05) is 11.1 Å². The second-order valence-corrected chi connectivity index (χ2v) is 4.19. The lowest BCUT2D eigenvalue weighted by atomic mass is 10.0. The van der Waals surface area contributed by atoms with Gasteiger partial charge in [0.1, 0.15) is 5.75 Å². The van der Waals surface area contributed by atoms with E-state index in [9.17, 15) is 13.2 Å². The highest BCUT2D eigenvalue weighted by atomic mass is 32.1. The van der Waals surface area contributed by atoms with E-state index in [1.54, 1.807) is 6.07 Å². The van der Waals surface area contributed by atoms with Crippen molar-refractivity contribution >= 4 is 11.3 Å². The van der Waals surface area contributed by atoms with Gasteiger partial charge in [-0.3, -0.25) is 0 Å². The standard InChI is InChI=1S/C13H7F3OS/c1-2-9-3-4-11(17-13(14,15)16)7-12(9)10-5-6-18-8-10/h1,3-8H. The van der Waals surface area contributed by atoms with Crippen molar-refractivity contribution in [2.45, 2.75) is 6.36 Å². The number of halogens is 3. The predicted molar refractivity (Wildman–Crippen MR) is 64.4 cm³/mol. The van der Waals surface area contributed by atoms with E-state index in [1.165, 1.54) is 29.5 Å². The molecule has 1 aromatic heterocycles. The van der Waals surface area contributed by atoms with Crippen molar-refractivity contribution in [1.29, 1.82) is 0 Å². The van der Waals surface area contributed by atoms with Gasteiger partial charge in [-0.25, -0.2) is 0 Å². The van der Waals surface area contributed by atoms with Crippen molar-refractivity contribution in [1.82, 2.24) is 0 Å². The quantitative estimate of drug-likeness (QED) is 0.738. The number of hydrogen-bond donors (Lipinski definition) is 0. The van der Waals surface area contributed by atoms with Crippen molar-refractivity contribution in [2.24, 2.45) is 0 Å². The van der Waals surface area contributed by atoms with Crippen LogP contribution < -0.4 is 4.74 Å². The number of alkyl halides is 3. The molecule has 0 bridgehead atoms. The smallest absolute Gasteiger partial charge is 0.406 e. The molecule has 0 aliphatic heterocycles. The highest BCUT2D eigenvalue weighted by molar-refractivity contribution is 7.08. The summed E-state index contributed by atoms with van der Waals surface area (Å²) < 4.78 is 40.3. The molecule has 1 heterocycles. The van der Waals surface area contributed by atoms with Crippen LogP contribution in [0.1, 0.15) is 5.56 Å². The van der Waals surface area contributed by atoms with Gasteiger partial charge in [0.25, 0.3) is 0 Å². The Bertz CT molecular complexity index is 579. The lowest BCUT2D eigenvalue weighted by Crippen LogP contribution is -2.17. The third-order valence-electron chi connectivity index (χ3n) is 2.21. The molecule has 0 spiro atoms. The van der Waals surface area contributed by atoms with Gasteiger partial charge in [0.15, 0.2) is 0 Å². The average molecular weight is 268 g/mol. The van der Waals surface area contributed by atoms with Crippen molar-refractivity contribution in [3.63, 3.8) is 0 Å². The third kappa shape index (κ3) is 2.84. The number of terminal acetylenes is 1. The van der Waals surface area contributed by atoms with Crippen LogP contribution in [0.25, 0.3) is 11.1 Å². The lowest BCUT2D eigenvalue weighted by Gasteiger charge is -2.11. The van der Waals surface area contributed by atoms with Crippen molar-refractivity contribution < 1.29 is 17.9 Å². The maximum absolute atomic E-state index is 12.1. The second-order valence-electron chi connectivity index (χ2n) is 3.41. The van der Waals surface area contributed by atoms with Crippen LogP contribution >= 0.6 is 11.3 Å². The van der Waals surface area contributed by atoms with Crippen molar-refractivity contribution in [2.75, 3.05) is 0 Å². The molecule has 0 aliphatic carbocycles. The van der Waals surface area contributed by atoms with Crippen LogP contribution in [0, 0.1) is 12.3 Å². The van der Waals surface area contributed by atoms with E-state index in [0.717, 1.165) is 5.56 Å². The molecular weight excluding hydrogens is 261 g/mol. The molecule has 0 amide bonds. The van der Waals surface area contributed by atoms with Crippen molar-refractivity contribution in [3.05, 3.63) is 40.6 Å². The van der Waals surface area contributed by atoms with E-state index < -0.39 is 6.36 Å². The zero-order valence-corrected chi connectivity index (χ0v) is 9.81. The van der Waals surface area contributed by atoms with Gasteiger partial charge in [0.2, 0.25) is 0 Å². The van der Waals surface area contributed by atoms with Crippen molar-refractivity contribution in [3.8, 4) is 29.2 Å². The Labute approximate surface area is 106 Å². The summed E-state index contributed by atoms with van der Waals surface area (Å²) in [5.41, 5.74) is 1.86. The fourth-order valence-corrected chi connectivity index (χ4v) is 2.16. The van der Waals surface area contributed by atoms with Gasteiger partial charge in [-0.2, -0.15) is 11.3 Å². The molecule has 92 valence electrons. The molecule has 0 saturated carbocycles. The van der Waals surface area contributed by atoms with Crippen LogP contribution in [0.15, 0.2) is 35.0 Å². The fraction of sp³-hybridized carbons (Fsp3) is 0.0769. The molecule has 0 N–H and O–H groups in total. The van der Waals surface area contributed by atoms with E-state index in [2.05, 4.69) is 10.7 Å². The first kappa shape index (κ1) is 12.5. The molecule has 0 radical (unpaired) electrons. The molecule has 0 fully saturated rings. The van der Waals surface area contributed by atoms with Gasteiger partial charge in [0.05, 0.1) is 0 Å². The van der Waals surface area contributed by atoms with Gasteiger partial charge in [-0.15, -0.1) is 19.6 Å². The average Bonchev–Trinajstić information content (AvgIpc) is 2.80. The molecule has 1 aromatic carbocycles. The number of thiophene rings is 1. The largest absolute Gasteiger partial charge is 0.573 e. The Morgan fingerprint density at radius 1 is 1.22 bits per heavy atom.